The van der Waals surface area contributed by atoms with Crippen LogP contribution in [0.4, 0.5) is 0 Å². The molecule has 5 nitrogen and oxygen atoms in total. The van der Waals surface area contributed by atoms with Crippen LogP contribution >= 0.6 is 11.6 Å². The molecule has 1 amide bonds. The third-order valence-corrected chi connectivity index (χ3v) is 2.73. The first-order chi connectivity index (χ1) is 9.17. The van der Waals surface area contributed by atoms with Crippen LogP contribution in [0.2, 0.25) is 5.02 Å². The summed E-state index contributed by atoms with van der Waals surface area (Å²) in [7, 11) is 3.03. The fourth-order valence-corrected chi connectivity index (χ4v) is 1.55. The molecular formula is C13H18ClNO4. The van der Waals surface area contributed by atoms with E-state index in [2.05, 4.69) is 5.32 Å². The quantitative estimate of drug-likeness (QED) is 0.741. The van der Waals surface area contributed by atoms with E-state index in [1.54, 1.807) is 12.1 Å². The highest BCUT2D eigenvalue weighted by Crippen LogP contribution is 2.22. The number of carbonyl (C=O) groups excluding carboxylic acids is 1. The normalized spacial score (nSPS) is 10.5. The number of hydrogen-bond acceptors (Lipinski definition) is 4. The number of benzene rings is 1. The number of halogens is 1. The zero-order valence-corrected chi connectivity index (χ0v) is 11.8. The Balaban J connectivity index is 2.22. The molecule has 6 heteroatoms. The molecule has 106 valence electrons. The molecule has 0 saturated carbocycles. The summed E-state index contributed by atoms with van der Waals surface area (Å²) in [5.74, 6) is 0.440. The van der Waals surface area contributed by atoms with Gasteiger partial charge < -0.3 is 19.5 Å². The molecule has 1 N–H and O–H groups in total. The van der Waals surface area contributed by atoms with Gasteiger partial charge in [0.05, 0.1) is 24.6 Å². The highest BCUT2D eigenvalue weighted by atomic mass is 35.5. The van der Waals surface area contributed by atoms with E-state index < -0.39 is 6.29 Å². The molecule has 0 heterocycles. The molecule has 0 aliphatic heterocycles. The Morgan fingerprint density at radius 2 is 2.00 bits per heavy atom. The van der Waals surface area contributed by atoms with E-state index >= 15 is 0 Å². The maximum atomic E-state index is 11.5. The lowest BCUT2D eigenvalue weighted by Gasteiger charge is -2.14. The maximum absolute atomic E-state index is 11.5. The number of nitrogens with one attached hydrogen (secondary N) is 1. The van der Waals surface area contributed by atoms with Crippen molar-refractivity contribution < 1.29 is 19.0 Å². The zero-order chi connectivity index (χ0) is 14.1. The van der Waals surface area contributed by atoms with Crippen LogP contribution < -0.4 is 10.1 Å². The average molecular weight is 288 g/mol. The van der Waals surface area contributed by atoms with Crippen molar-refractivity contribution in [3.8, 4) is 5.75 Å². The van der Waals surface area contributed by atoms with Crippen LogP contribution in [0.1, 0.15) is 6.42 Å². The van der Waals surface area contributed by atoms with Gasteiger partial charge in [-0.15, -0.1) is 0 Å². The summed E-state index contributed by atoms with van der Waals surface area (Å²) >= 11 is 5.92. The first-order valence-electron chi connectivity index (χ1n) is 5.87. The first kappa shape index (κ1) is 15.8. The second kappa shape index (κ2) is 8.74. The van der Waals surface area contributed by atoms with Crippen LogP contribution in [0, 0.1) is 0 Å². The van der Waals surface area contributed by atoms with Crippen molar-refractivity contribution in [3.05, 3.63) is 29.3 Å². The van der Waals surface area contributed by atoms with Gasteiger partial charge in [-0.3, -0.25) is 4.79 Å². The average Bonchev–Trinajstić information content (AvgIpc) is 2.42. The van der Waals surface area contributed by atoms with Gasteiger partial charge in [-0.25, -0.2) is 0 Å². The molecule has 0 aliphatic carbocycles. The van der Waals surface area contributed by atoms with E-state index in [1.165, 1.54) is 14.2 Å². The van der Waals surface area contributed by atoms with Gasteiger partial charge >= 0.3 is 0 Å². The molecule has 0 bridgehead atoms. The Morgan fingerprint density at radius 1 is 1.32 bits per heavy atom. The van der Waals surface area contributed by atoms with E-state index in [0.717, 1.165) is 0 Å². The van der Waals surface area contributed by atoms with Gasteiger partial charge in [0.1, 0.15) is 5.75 Å². The molecule has 0 fully saturated rings. The number of carbonyl (C=O) groups is 1. The fraction of sp³-hybridized carbons (Fsp3) is 0.462. The van der Waals surface area contributed by atoms with Gasteiger partial charge in [-0.1, -0.05) is 23.7 Å². The van der Waals surface area contributed by atoms with Crippen molar-refractivity contribution in [1.82, 2.24) is 5.32 Å². The van der Waals surface area contributed by atoms with Crippen LogP contribution in [0.5, 0.6) is 5.75 Å². The van der Waals surface area contributed by atoms with Crippen LogP contribution in [0.3, 0.4) is 0 Å². The highest BCUT2D eigenvalue weighted by Gasteiger charge is 2.08. The van der Waals surface area contributed by atoms with Crippen molar-refractivity contribution in [2.75, 3.05) is 27.4 Å². The third-order valence-electron chi connectivity index (χ3n) is 2.42. The Morgan fingerprint density at radius 3 is 2.63 bits per heavy atom. The lowest BCUT2D eigenvalue weighted by Crippen LogP contribution is -2.34. The number of rotatable bonds is 8. The predicted octanol–water partition coefficient (Wildman–Crippen LogP) is 1.84. The van der Waals surface area contributed by atoms with Gasteiger partial charge in [-0.05, 0) is 12.1 Å². The zero-order valence-electron chi connectivity index (χ0n) is 11.0. The molecule has 1 aromatic carbocycles. The monoisotopic (exact) mass is 287 g/mol. The van der Waals surface area contributed by atoms with Gasteiger partial charge in [0.15, 0.2) is 6.29 Å². The standard InChI is InChI=1S/C13H18ClNO4/c1-17-13(18-2)9-15-12(16)7-8-19-11-6-4-3-5-10(11)14/h3-6,13H,7-9H2,1-2H3,(H,15,16). The summed E-state index contributed by atoms with van der Waals surface area (Å²) < 4.78 is 15.3. The van der Waals surface area contributed by atoms with Crippen LogP contribution in [0.25, 0.3) is 0 Å². The molecule has 0 aliphatic rings. The summed E-state index contributed by atoms with van der Waals surface area (Å²) in [6.45, 7) is 0.568. The van der Waals surface area contributed by atoms with E-state index in [1.807, 2.05) is 12.1 Å². The summed E-state index contributed by atoms with van der Waals surface area (Å²) in [5, 5.41) is 3.21. The minimum absolute atomic E-state index is 0.133. The summed E-state index contributed by atoms with van der Waals surface area (Å²) in [4.78, 5) is 11.5. The first-order valence-corrected chi connectivity index (χ1v) is 6.24. The number of methoxy groups -OCH3 is 2. The van der Waals surface area contributed by atoms with Gasteiger partial charge in [0, 0.05) is 14.2 Å². The third kappa shape index (κ3) is 5.92. The van der Waals surface area contributed by atoms with Crippen molar-refractivity contribution in [3.63, 3.8) is 0 Å². The largest absolute Gasteiger partial charge is 0.491 e. The Hall–Kier alpha value is -1.30. The van der Waals surface area contributed by atoms with Crippen molar-refractivity contribution in [1.29, 1.82) is 0 Å². The molecule has 0 saturated heterocycles. The lowest BCUT2D eigenvalue weighted by molar-refractivity contribution is -0.127. The number of hydrogen-bond donors (Lipinski definition) is 1. The SMILES string of the molecule is COC(CNC(=O)CCOc1ccccc1Cl)OC. The minimum Gasteiger partial charge on any atom is -0.491 e. The fourth-order valence-electron chi connectivity index (χ4n) is 1.36. The number of amides is 1. The van der Waals surface area contributed by atoms with E-state index in [9.17, 15) is 4.79 Å². The lowest BCUT2D eigenvalue weighted by atomic mass is 10.3. The van der Waals surface area contributed by atoms with E-state index in [-0.39, 0.29) is 18.9 Å². The number of ether oxygens (including phenoxy) is 3. The second-order valence-electron chi connectivity index (χ2n) is 3.73. The maximum Gasteiger partial charge on any atom is 0.223 e. The Labute approximate surface area is 117 Å². The summed E-state index contributed by atoms with van der Waals surface area (Å²) in [6, 6.07) is 7.13. The molecular weight excluding hydrogens is 270 g/mol. The van der Waals surface area contributed by atoms with Crippen molar-refractivity contribution in [2.45, 2.75) is 12.7 Å². The number of para-hydroxylation sites is 1. The molecule has 0 radical (unpaired) electrons. The predicted molar refractivity (Wildman–Crippen MR) is 72.4 cm³/mol. The molecule has 0 aromatic heterocycles. The molecule has 0 spiro atoms. The van der Waals surface area contributed by atoms with Gasteiger partial charge in [-0.2, -0.15) is 0 Å². The van der Waals surface area contributed by atoms with E-state index in [4.69, 9.17) is 25.8 Å². The topological polar surface area (TPSA) is 56.8 Å². The van der Waals surface area contributed by atoms with Crippen LogP contribution in [0.15, 0.2) is 24.3 Å². The summed E-state index contributed by atoms with van der Waals surface area (Å²) in [5.41, 5.74) is 0. The van der Waals surface area contributed by atoms with Gasteiger partial charge in [0.25, 0.3) is 0 Å². The molecule has 19 heavy (non-hydrogen) atoms. The van der Waals surface area contributed by atoms with Crippen LogP contribution in [-0.2, 0) is 14.3 Å². The minimum atomic E-state index is -0.437. The van der Waals surface area contributed by atoms with E-state index in [0.29, 0.717) is 17.3 Å². The Bertz CT molecular complexity index is 396. The smallest absolute Gasteiger partial charge is 0.223 e. The molecule has 0 atom stereocenters. The van der Waals surface area contributed by atoms with Crippen molar-refractivity contribution >= 4 is 17.5 Å². The van der Waals surface area contributed by atoms with Gasteiger partial charge in [0.2, 0.25) is 5.91 Å². The van der Waals surface area contributed by atoms with Crippen molar-refractivity contribution in [2.24, 2.45) is 0 Å². The Kier molecular flexibility index (Phi) is 7.25. The highest BCUT2D eigenvalue weighted by molar-refractivity contribution is 6.32. The molecule has 1 aromatic rings. The molecule has 0 unspecified atom stereocenters. The summed E-state index contributed by atoms with van der Waals surface area (Å²) in [6.07, 6.45) is -0.195. The second-order valence-corrected chi connectivity index (χ2v) is 4.14. The van der Waals surface area contributed by atoms with Crippen LogP contribution in [-0.4, -0.2) is 39.6 Å². The molecule has 1 rings (SSSR count).